The van der Waals surface area contributed by atoms with E-state index in [2.05, 4.69) is 15.2 Å². The Morgan fingerprint density at radius 1 is 1.33 bits per heavy atom. The quantitative estimate of drug-likeness (QED) is 0.925. The summed E-state index contributed by atoms with van der Waals surface area (Å²) < 4.78 is 5.29. The van der Waals surface area contributed by atoms with Crippen LogP contribution in [-0.2, 0) is 9.53 Å². The highest BCUT2D eigenvalue weighted by atomic mass is 35.5. The first-order valence-electron chi connectivity index (χ1n) is 7.94. The number of morpholine rings is 1. The van der Waals surface area contributed by atoms with Crippen LogP contribution < -0.4 is 5.32 Å². The van der Waals surface area contributed by atoms with Crippen LogP contribution in [0.15, 0.2) is 36.5 Å². The van der Waals surface area contributed by atoms with Crippen LogP contribution in [0.5, 0.6) is 0 Å². The zero-order valence-electron chi connectivity index (χ0n) is 13.6. The first-order chi connectivity index (χ1) is 11.6. The minimum Gasteiger partial charge on any atom is -0.379 e. The third kappa shape index (κ3) is 4.32. The summed E-state index contributed by atoms with van der Waals surface area (Å²) in [5.74, 6) is -0.0420. The van der Waals surface area contributed by atoms with E-state index in [0.717, 1.165) is 29.9 Å². The standard InChI is InChI=1S/C18H20ClN3O2/c1-13-17(14-3-2-4-15(19)9-14)10-16(11-20-13)21-18(23)12-22-5-7-24-8-6-22/h2-4,9-11H,5-8,12H2,1H3,(H,21,23). The summed E-state index contributed by atoms with van der Waals surface area (Å²) in [6, 6.07) is 9.55. The van der Waals surface area contributed by atoms with Gasteiger partial charge in [0.15, 0.2) is 0 Å². The average Bonchev–Trinajstić information content (AvgIpc) is 2.57. The summed E-state index contributed by atoms with van der Waals surface area (Å²) in [5.41, 5.74) is 3.52. The lowest BCUT2D eigenvalue weighted by Gasteiger charge is -2.25. The third-order valence-corrected chi connectivity index (χ3v) is 4.21. The average molecular weight is 346 g/mol. The monoisotopic (exact) mass is 345 g/mol. The van der Waals surface area contributed by atoms with Crippen LogP contribution in [0.25, 0.3) is 11.1 Å². The van der Waals surface area contributed by atoms with Gasteiger partial charge in [-0.05, 0) is 30.7 Å². The largest absolute Gasteiger partial charge is 0.379 e. The Morgan fingerprint density at radius 3 is 2.88 bits per heavy atom. The number of hydrogen-bond donors (Lipinski definition) is 1. The molecule has 0 atom stereocenters. The van der Waals surface area contributed by atoms with Gasteiger partial charge in [-0.15, -0.1) is 0 Å². The molecule has 5 nitrogen and oxygen atoms in total. The molecule has 24 heavy (non-hydrogen) atoms. The first-order valence-corrected chi connectivity index (χ1v) is 8.32. The Labute approximate surface area is 146 Å². The maximum absolute atomic E-state index is 12.2. The summed E-state index contributed by atoms with van der Waals surface area (Å²) in [6.45, 7) is 5.23. The molecular weight excluding hydrogens is 326 g/mol. The van der Waals surface area contributed by atoms with Gasteiger partial charge in [0, 0.05) is 29.4 Å². The van der Waals surface area contributed by atoms with E-state index in [9.17, 15) is 4.79 Å². The second-order valence-electron chi connectivity index (χ2n) is 5.80. The highest BCUT2D eigenvalue weighted by Crippen LogP contribution is 2.27. The smallest absolute Gasteiger partial charge is 0.238 e. The molecule has 2 heterocycles. The Bertz CT molecular complexity index is 730. The van der Waals surface area contributed by atoms with E-state index in [1.54, 1.807) is 6.20 Å². The van der Waals surface area contributed by atoms with Gasteiger partial charge in [0.2, 0.25) is 5.91 Å². The fraction of sp³-hybridized carbons (Fsp3) is 0.333. The van der Waals surface area contributed by atoms with Crippen molar-refractivity contribution in [3.05, 3.63) is 47.2 Å². The lowest BCUT2D eigenvalue weighted by atomic mass is 10.0. The molecule has 0 bridgehead atoms. The minimum absolute atomic E-state index is 0.0420. The van der Waals surface area contributed by atoms with Gasteiger partial charge in [-0.1, -0.05) is 23.7 Å². The molecule has 1 amide bonds. The molecule has 0 radical (unpaired) electrons. The predicted molar refractivity (Wildman–Crippen MR) is 95.3 cm³/mol. The van der Waals surface area contributed by atoms with Crippen molar-refractivity contribution >= 4 is 23.2 Å². The number of halogens is 1. The molecular formula is C18H20ClN3O2. The first kappa shape index (κ1) is 16.9. The van der Waals surface area contributed by atoms with Crippen molar-refractivity contribution < 1.29 is 9.53 Å². The van der Waals surface area contributed by atoms with Gasteiger partial charge in [-0.25, -0.2) is 0 Å². The van der Waals surface area contributed by atoms with Gasteiger partial charge >= 0.3 is 0 Å². The van der Waals surface area contributed by atoms with E-state index in [1.807, 2.05) is 37.3 Å². The normalized spacial score (nSPS) is 15.2. The molecule has 0 unspecified atom stereocenters. The molecule has 0 aliphatic carbocycles. The lowest BCUT2D eigenvalue weighted by Crippen LogP contribution is -2.41. The van der Waals surface area contributed by atoms with Gasteiger partial charge in [0.25, 0.3) is 0 Å². The van der Waals surface area contributed by atoms with E-state index < -0.39 is 0 Å². The summed E-state index contributed by atoms with van der Waals surface area (Å²) in [7, 11) is 0. The topological polar surface area (TPSA) is 54.5 Å². The van der Waals surface area contributed by atoms with Gasteiger partial charge in [-0.3, -0.25) is 14.7 Å². The Balaban J connectivity index is 1.72. The van der Waals surface area contributed by atoms with Crippen molar-refractivity contribution in [2.45, 2.75) is 6.92 Å². The van der Waals surface area contributed by atoms with Gasteiger partial charge in [0.1, 0.15) is 0 Å². The van der Waals surface area contributed by atoms with Crippen molar-refractivity contribution in [2.24, 2.45) is 0 Å². The number of rotatable bonds is 4. The number of ether oxygens (including phenoxy) is 1. The van der Waals surface area contributed by atoms with Crippen LogP contribution >= 0.6 is 11.6 Å². The highest BCUT2D eigenvalue weighted by molar-refractivity contribution is 6.30. The van der Waals surface area contributed by atoms with E-state index in [0.29, 0.717) is 30.5 Å². The number of aryl methyl sites for hydroxylation is 1. The van der Waals surface area contributed by atoms with Gasteiger partial charge in [0.05, 0.1) is 31.6 Å². The number of pyridine rings is 1. The fourth-order valence-electron chi connectivity index (χ4n) is 2.71. The molecule has 1 fully saturated rings. The Kier molecular flexibility index (Phi) is 5.45. The zero-order valence-corrected chi connectivity index (χ0v) is 14.3. The maximum Gasteiger partial charge on any atom is 0.238 e. The van der Waals surface area contributed by atoms with E-state index >= 15 is 0 Å². The van der Waals surface area contributed by atoms with E-state index in [4.69, 9.17) is 16.3 Å². The Hall–Kier alpha value is -1.95. The number of nitrogens with zero attached hydrogens (tertiary/aromatic N) is 2. The predicted octanol–water partition coefficient (Wildman–Crippen LogP) is 2.98. The Morgan fingerprint density at radius 2 is 2.12 bits per heavy atom. The maximum atomic E-state index is 12.2. The number of aromatic nitrogens is 1. The second kappa shape index (κ2) is 7.75. The number of carbonyl (C=O) groups is 1. The van der Waals surface area contributed by atoms with Crippen molar-refractivity contribution in [3.8, 4) is 11.1 Å². The SMILES string of the molecule is Cc1ncc(NC(=O)CN2CCOCC2)cc1-c1cccc(Cl)c1. The number of carbonyl (C=O) groups excluding carboxylic acids is 1. The molecule has 0 saturated carbocycles. The number of hydrogen-bond acceptors (Lipinski definition) is 4. The molecule has 1 aliphatic rings. The van der Waals surface area contributed by atoms with Crippen molar-refractivity contribution in [3.63, 3.8) is 0 Å². The number of amides is 1. The number of anilines is 1. The highest BCUT2D eigenvalue weighted by Gasteiger charge is 2.15. The van der Waals surface area contributed by atoms with Gasteiger partial charge < -0.3 is 10.1 Å². The van der Waals surface area contributed by atoms with Crippen molar-refractivity contribution in [2.75, 3.05) is 38.2 Å². The zero-order chi connectivity index (χ0) is 16.9. The molecule has 3 rings (SSSR count). The van der Waals surface area contributed by atoms with Crippen molar-refractivity contribution in [1.82, 2.24) is 9.88 Å². The van der Waals surface area contributed by atoms with Crippen LogP contribution in [0.4, 0.5) is 5.69 Å². The molecule has 6 heteroatoms. The molecule has 0 spiro atoms. The molecule has 1 aromatic carbocycles. The summed E-state index contributed by atoms with van der Waals surface area (Å²) in [4.78, 5) is 18.7. The fourth-order valence-corrected chi connectivity index (χ4v) is 2.90. The second-order valence-corrected chi connectivity index (χ2v) is 6.24. The van der Waals surface area contributed by atoms with Crippen molar-refractivity contribution in [1.29, 1.82) is 0 Å². The van der Waals surface area contributed by atoms with Crippen LogP contribution in [0.2, 0.25) is 5.02 Å². The molecule has 1 aliphatic heterocycles. The number of benzene rings is 1. The van der Waals surface area contributed by atoms with Crippen LogP contribution in [0, 0.1) is 6.92 Å². The van der Waals surface area contributed by atoms with Crippen LogP contribution in [-0.4, -0.2) is 48.6 Å². The minimum atomic E-state index is -0.0420. The van der Waals surface area contributed by atoms with Crippen LogP contribution in [0.1, 0.15) is 5.69 Å². The summed E-state index contributed by atoms with van der Waals surface area (Å²) >= 11 is 6.07. The molecule has 1 saturated heterocycles. The van der Waals surface area contributed by atoms with E-state index in [-0.39, 0.29) is 5.91 Å². The number of nitrogens with one attached hydrogen (secondary N) is 1. The van der Waals surface area contributed by atoms with Gasteiger partial charge in [-0.2, -0.15) is 0 Å². The summed E-state index contributed by atoms with van der Waals surface area (Å²) in [5, 5.41) is 3.60. The molecule has 1 aromatic heterocycles. The molecule has 126 valence electrons. The molecule has 1 N–H and O–H groups in total. The summed E-state index contributed by atoms with van der Waals surface area (Å²) in [6.07, 6.45) is 1.68. The van der Waals surface area contributed by atoms with Crippen LogP contribution in [0.3, 0.4) is 0 Å². The third-order valence-electron chi connectivity index (χ3n) is 3.98. The molecule has 2 aromatic rings. The lowest BCUT2D eigenvalue weighted by molar-refractivity contribution is -0.118. The van der Waals surface area contributed by atoms with E-state index in [1.165, 1.54) is 0 Å².